The molecule has 0 bridgehead atoms. The number of nitrogens with zero attached hydrogens (tertiary/aromatic N) is 2. The van der Waals surface area contributed by atoms with Gasteiger partial charge >= 0.3 is 0 Å². The topological polar surface area (TPSA) is 59.2 Å². The van der Waals surface area contributed by atoms with Crippen LogP contribution in [0.25, 0.3) is 0 Å². The summed E-state index contributed by atoms with van der Waals surface area (Å²) in [6.45, 7) is 1.45. The number of thiazole rings is 1. The highest BCUT2D eigenvalue weighted by atomic mass is 32.1. The Balaban J connectivity index is 1.95. The fourth-order valence-electron chi connectivity index (χ4n) is 1.61. The van der Waals surface area contributed by atoms with E-state index in [0.717, 1.165) is 23.9 Å². The summed E-state index contributed by atoms with van der Waals surface area (Å²) in [7, 11) is 1.85. The standard InChI is InChI=1S/C11H17N3OS/c1-14(6-8-2-3-8)11(15)9-7-16-10(13-9)4-5-12/h7-8H,2-6,12H2,1H3. The molecule has 1 aromatic heterocycles. The third-order valence-electron chi connectivity index (χ3n) is 2.70. The van der Waals surface area contributed by atoms with Gasteiger partial charge in [0.25, 0.3) is 5.91 Å². The summed E-state index contributed by atoms with van der Waals surface area (Å²) in [4.78, 5) is 18.0. The van der Waals surface area contributed by atoms with Crippen molar-refractivity contribution in [3.63, 3.8) is 0 Å². The predicted octanol–water partition coefficient (Wildman–Crippen LogP) is 1.13. The van der Waals surface area contributed by atoms with Crippen molar-refractivity contribution in [3.8, 4) is 0 Å². The number of carbonyl (C=O) groups is 1. The van der Waals surface area contributed by atoms with Crippen LogP contribution in [-0.2, 0) is 6.42 Å². The lowest BCUT2D eigenvalue weighted by Crippen LogP contribution is -2.29. The van der Waals surface area contributed by atoms with Crippen LogP contribution in [0.2, 0.25) is 0 Å². The minimum atomic E-state index is 0.0337. The first-order valence-electron chi connectivity index (χ1n) is 5.60. The van der Waals surface area contributed by atoms with E-state index in [-0.39, 0.29) is 5.91 Å². The largest absolute Gasteiger partial charge is 0.340 e. The van der Waals surface area contributed by atoms with Crippen LogP contribution in [-0.4, -0.2) is 35.9 Å². The Kier molecular flexibility index (Phi) is 3.56. The second-order valence-corrected chi connectivity index (χ2v) is 5.24. The number of hydrogen-bond acceptors (Lipinski definition) is 4. The van der Waals surface area contributed by atoms with Crippen LogP contribution < -0.4 is 5.73 Å². The molecule has 1 fully saturated rings. The first-order chi connectivity index (χ1) is 7.70. The lowest BCUT2D eigenvalue weighted by atomic mass is 10.3. The molecule has 1 saturated carbocycles. The zero-order chi connectivity index (χ0) is 11.5. The zero-order valence-corrected chi connectivity index (χ0v) is 10.3. The van der Waals surface area contributed by atoms with Crippen LogP contribution in [0, 0.1) is 5.92 Å². The van der Waals surface area contributed by atoms with Crippen molar-refractivity contribution in [1.82, 2.24) is 9.88 Å². The molecule has 0 saturated heterocycles. The summed E-state index contributed by atoms with van der Waals surface area (Å²) in [5.74, 6) is 0.752. The lowest BCUT2D eigenvalue weighted by molar-refractivity contribution is 0.0783. The SMILES string of the molecule is CN(CC1CC1)C(=O)c1csc(CCN)n1. The fourth-order valence-corrected chi connectivity index (χ4v) is 2.40. The molecule has 4 nitrogen and oxygen atoms in total. The first-order valence-corrected chi connectivity index (χ1v) is 6.48. The van der Waals surface area contributed by atoms with Gasteiger partial charge in [0.1, 0.15) is 5.69 Å². The summed E-state index contributed by atoms with van der Waals surface area (Å²) in [6.07, 6.45) is 3.27. The molecule has 1 amide bonds. The molecule has 0 radical (unpaired) electrons. The lowest BCUT2D eigenvalue weighted by Gasteiger charge is -2.14. The third-order valence-corrected chi connectivity index (χ3v) is 3.61. The Labute approximate surface area is 99.5 Å². The Morgan fingerprint density at radius 1 is 1.69 bits per heavy atom. The van der Waals surface area contributed by atoms with Gasteiger partial charge in [-0.05, 0) is 25.3 Å². The van der Waals surface area contributed by atoms with E-state index < -0.39 is 0 Å². The number of aromatic nitrogens is 1. The number of nitrogens with two attached hydrogens (primary N) is 1. The van der Waals surface area contributed by atoms with E-state index in [2.05, 4.69) is 4.98 Å². The normalized spacial score (nSPS) is 15.1. The molecule has 0 unspecified atom stereocenters. The maximum absolute atomic E-state index is 12.0. The van der Waals surface area contributed by atoms with E-state index in [1.807, 2.05) is 12.4 Å². The summed E-state index contributed by atoms with van der Waals surface area (Å²) in [5.41, 5.74) is 6.02. The van der Waals surface area contributed by atoms with E-state index in [1.54, 1.807) is 4.90 Å². The van der Waals surface area contributed by atoms with Gasteiger partial charge in [0.05, 0.1) is 5.01 Å². The molecular formula is C11H17N3OS. The highest BCUT2D eigenvalue weighted by Crippen LogP contribution is 2.29. The van der Waals surface area contributed by atoms with Crippen LogP contribution in [0.15, 0.2) is 5.38 Å². The molecule has 1 aliphatic rings. The zero-order valence-electron chi connectivity index (χ0n) is 9.48. The molecule has 0 atom stereocenters. The fraction of sp³-hybridized carbons (Fsp3) is 0.636. The van der Waals surface area contributed by atoms with Gasteiger partial charge in [-0.15, -0.1) is 11.3 Å². The van der Waals surface area contributed by atoms with Gasteiger partial charge in [0, 0.05) is 25.4 Å². The van der Waals surface area contributed by atoms with Crippen molar-refractivity contribution in [2.75, 3.05) is 20.1 Å². The van der Waals surface area contributed by atoms with E-state index in [9.17, 15) is 4.79 Å². The second-order valence-electron chi connectivity index (χ2n) is 4.29. The molecule has 1 heterocycles. The highest BCUT2D eigenvalue weighted by molar-refractivity contribution is 7.09. The Morgan fingerprint density at radius 2 is 2.44 bits per heavy atom. The van der Waals surface area contributed by atoms with Crippen molar-refractivity contribution in [3.05, 3.63) is 16.1 Å². The van der Waals surface area contributed by atoms with Gasteiger partial charge < -0.3 is 10.6 Å². The predicted molar refractivity (Wildman–Crippen MR) is 64.6 cm³/mol. The molecule has 2 rings (SSSR count). The van der Waals surface area contributed by atoms with E-state index in [4.69, 9.17) is 5.73 Å². The first kappa shape index (κ1) is 11.5. The van der Waals surface area contributed by atoms with Crippen molar-refractivity contribution >= 4 is 17.2 Å². The molecule has 2 N–H and O–H groups in total. The second kappa shape index (κ2) is 4.93. The number of amides is 1. The molecule has 0 aromatic carbocycles. The minimum absolute atomic E-state index is 0.0337. The number of carbonyl (C=O) groups excluding carboxylic acids is 1. The maximum Gasteiger partial charge on any atom is 0.273 e. The Bertz CT molecular complexity index is 373. The Morgan fingerprint density at radius 3 is 3.06 bits per heavy atom. The van der Waals surface area contributed by atoms with Gasteiger partial charge in [-0.2, -0.15) is 0 Å². The molecule has 0 spiro atoms. The molecule has 16 heavy (non-hydrogen) atoms. The summed E-state index contributed by atoms with van der Waals surface area (Å²) in [6, 6.07) is 0. The monoisotopic (exact) mass is 239 g/mol. The van der Waals surface area contributed by atoms with Crippen LogP contribution >= 0.6 is 11.3 Å². The summed E-state index contributed by atoms with van der Waals surface area (Å²) < 4.78 is 0. The van der Waals surface area contributed by atoms with Gasteiger partial charge in [-0.1, -0.05) is 0 Å². The van der Waals surface area contributed by atoms with Crippen molar-refractivity contribution in [2.24, 2.45) is 11.7 Å². The number of hydrogen-bond donors (Lipinski definition) is 1. The smallest absolute Gasteiger partial charge is 0.273 e. The van der Waals surface area contributed by atoms with E-state index in [1.165, 1.54) is 24.2 Å². The molecule has 5 heteroatoms. The molecule has 0 aliphatic heterocycles. The summed E-state index contributed by atoms with van der Waals surface area (Å²) in [5, 5.41) is 2.78. The van der Waals surface area contributed by atoms with Crippen molar-refractivity contribution in [1.29, 1.82) is 0 Å². The number of rotatable bonds is 5. The van der Waals surface area contributed by atoms with Crippen LogP contribution in [0.5, 0.6) is 0 Å². The van der Waals surface area contributed by atoms with E-state index >= 15 is 0 Å². The molecular weight excluding hydrogens is 222 g/mol. The van der Waals surface area contributed by atoms with Gasteiger partial charge in [0.2, 0.25) is 0 Å². The van der Waals surface area contributed by atoms with Crippen LogP contribution in [0.4, 0.5) is 0 Å². The van der Waals surface area contributed by atoms with Gasteiger partial charge in [0.15, 0.2) is 0 Å². The Hall–Kier alpha value is -0.940. The molecule has 1 aromatic rings. The average Bonchev–Trinajstić information content (AvgIpc) is 2.95. The van der Waals surface area contributed by atoms with Crippen LogP contribution in [0.3, 0.4) is 0 Å². The quantitative estimate of drug-likeness (QED) is 0.838. The minimum Gasteiger partial charge on any atom is -0.340 e. The van der Waals surface area contributed by atoms with Crippen LogP contribution in [0.1, 0.15) is 28.3 Å². The van der Waals surface area contributed by atoms with E-state index in [0.29, 0.717) is 12.2 Å². The maximum atomic E-state index is 12.0. The summed E-state index contributed by atoms with van der Waals surface area (Å²) >= 11 is 1.52. The average molecular weight is 239 g/mol. The van der Waals surface area contributed by atoms with Crippen molar-refractivity contribution in [2.45, 2.75) is 19.3 Å². The highest BCUT2D eigenvalue weighted by Gasteiger charge is 2.25. The third kappa shape index (κ3) is 2.80. The molecule has 1 aliphatic carbocycles. The van der Waals surface area contributed by atoms with Crippen molar-refractivity contribution < 1.29 is 4.79 Å². The van der Waals surface area contributed by atoms with Gasteiger partial charge in [-0.25, -0.2) is 4.98 Å². The molecule has 88 valence electrons. The van der Waals surface area contributed by atoms with Gasteiger partial charge in [-0.3, -0.25) is 4.79 Å².